The standard InChI is InChI=1S/C21H19NO4S/c1-14(2)22-18(12-15-11-16-7-3-5-9-19(16)26-13-15)21(23)17-8-4-6-10-20(17)27(22,24)25/h3-12,14H,13H2,1-2H3/b18-12+. The van der Waals surface area contributed by atoms with Crippen molar-refractivity contribution in [1.29, 1.82) is 0 Å². The second-order valence-electron chi connectivity index (χ2n) is 6.80. The van der Waals surface area contributed by atoms with Gasteiger partial charge in [-0.2, -0.15) is 0 Å². The van der Waals surface area contributed by atoms with Crippen LogP contribution in [0, 0.1) is 0 Å². The van der Waals surface area contributed by atoms with Crippen molar-refractivity contribution >= 4 is 21.9 Å². The molecule has 2 aliphatic heterocycles. The molecule has 0 spiro atoms. The zero-order valence-electron chi connectivity index (χ0n) is 15.0. The summed E-state index contributed by atoms with van der Waals surface area (Å²) in [5.41, 5.74) is 2.01. The Bertz CT molecular complexity index is 1100. The Balaban J connectivity index is 1.88. The molecule has 2 aromatic carbocycles. The Labute approximate surface area is 158 Å². The van der Waals surface area contributed by atoms with Crippen LogP contribution in [-0.2, 0) is 10.0 Å². The molecule has 2 aromatic rings. The summed E-state index contributed by atoms with van der Waals surface area (Å²) in [4.78, 5) is 13.2. The van der Waals surface area contributed by atoms with E-state index in [0.717, 1.165) is 16.9 Å². The van der Waals surface area contributed by atoms with Crippen molar-refractivity contribution in [3.8, 4) is 5.75 Å². The highest BCUT2D eigenvalue weighted by atomic mass is 32.2. The summed E-state index contributed by atoms with van der Waals surface area (Å²) in [5.74, 6) is 0.474. The van der Waals surface area contributed by atoms with Gasteiger partial charge in [0, 0.05) is 17.2 Å². The number of nitrogens with zero attached hydrogens (tertiary/aromatic N) is 1. The van der Waals surface area contributed by atoms with E-state index in [1.807, 2.05) is 30.3 Å². The molecule has 0 amide bonds. The molecule has 4 rings (SSSR count). The number of para-hydroxylation sites is 1. The number of hydrogen-bond acceptors (Lipinski definition) is 4. The molecule has 0 radical (unpaired) electrons. The number of hydrogen-bond donors (Lipinski definition) is 0. The highest BCUT2D eigenvalue weighted by Gasteiger charge is 2.40. The molecule has 2 aliphatic rings. The van der Waals surface area contributed by atoms with E-state index in [0.29, 0.717) is 0 Å². The molecule has 0 saturated carbocycles. The molecular weight excluding hydrogens is 362 g/mol. The van der Waals surface area contributed by atoms with Crippen LogP contribution in [0.4, 0.5) is 0 Å². The van der Waals surface area contributed by atoms with Gasteiger partial charge >= 0.3 is 0 Å². The van der Waals surface area contributed by atoms with Gasteiger partial charge in [-0.25, -0.2) is 8.42 Å². The van der Waals surface area contributed by atoms with Crippen LogP contribution in [0.2, 0.25) is 0 Å². The van der Waals surface area contributed by atoms with Crippen LogP contribution in [-0.4, -0.2) is 31.2 Å². The number of Topliss-reactive ketones (excluding diaryl/α,β-unsaturated/α-hetero) is 1. The molecule has 0 bridgehead atoms. The fourth-order valence-electron chi connectivity index (χ4n) is 3.43. The van der Waals surface area contributed by atoms with Gasteiger partial charge in [0.15, 0.2) is 0 Å². The zero-order valence-corrected chi connectivity index (χ0v) is 15.9. The summed E-state index contributed by atoms with van der Waals surface area (Å²) in [6.45, 7) is 3.79. The van der Waals surface area contributed by atoms with E-state index in [4.69, 9.17) is 4.74 Å². The van der Waals surface area contributed by atoms with Crippen LogP contribution >= 0.6 is 0 Å². The molecule has 0 unspecified atom stereocenters. The summed E-state index contributed by atoms with van der Waals surface area (Å²) in [6.07, 6.45) is 3.55. The number of fused-ring (bicyclic) bond motifs is 2. The van der Waals surface area contributed by atoms with Crippen LogP contribution < -0.4 is 4.74 Å². The lowest BCUT2D eigenvalue weighted by atomic mass is 10.0. The first-order valence-electron chi connectivity index (χ1n) is 8.72. The Morgan fingerprint density at radius 3 is 2.56 bits per heavy atom. The molecule has 27 heavy (non-hydrogen) atoms. The molecule has 5 nitrogen and oxygen atoms in total. The second-order valence-corrected chi connectivity index (χ2v) is 8.58. The van der Waals surface area contributed by atoms with Crippen molar-refractivity contribution in [3.63, 3.8) is 0 Å². The van der Waals surface area contributed by atoms with E-state index in [2.05, 4.69) is 0 Å². The molecule has 0 aromatic heterocycles. The maximum Gasteiger partial charge on any atom is 0.265 e. The SMILES string of the molecule is CC(C)N1/C(=C/C2=Cc3ccccc3OC2)C(=O)c2ccccc2S1(=O)=O. The van der Waals surface area contributed by atoms with Crippen LogP contribution in [0.25, 0.3) is 6.08 Å². The summed E-state index contributed by atoms with van der Waals surface area (Å²) in [5, 5.41) is 0. The first kappa shape index (κ1) is 17.5. The van der Waals surface area contributed by atoms with Gasteiger partial charge in [0.05, 0.1) is 4.90 Å². The third-order valence-corrected chi connectivity index (χ3v) is 6.63. The molecular formula is C21H19NO4S. The van der Waals surface area contributed by atoms with E-state index in [1.54, 1.807) is 38.1 Å². The molecule has 2 heterocycles. The largest absolute Gasteiger partial charge is 0.488 e. The normalized spacial score (nSPS) is 19.4. The minimum absolute atomic E-state index is 0.0556. The van der Waals surface area contributed by atoms with Crippen molar-refractivity contribution in [2.75, 3.05) is 6.61 Å². The van der Waals surface area contributed by atoms with Crippen molar-refractivity contribution in [2.45, 2.75) is 24.8 Å². The van der Waals surface area contributed by atoms with Gasteiger partial charge in [-0.15, -0.1) is 0 Å². The van der Waals surface area contributed by atoms with Gasteiger partial charge in [0.1, 0.15) is 18.1 Å². The minimum atomic E-state index is -3.80. The average molecular weight is 381 g/mol. The van der Waals surface area contributed by atoms with E-state index in [9.17, 15) is 13.2 Å². The Kier molecular flexibility index (Phi) is 4.15. The van der Waals surface area contributed by atoms with Crippen molar-refractivity contribution in [3.05, 3.63) is 77.0 Å². The fourth-order valence-corrected chi connectivity index (χ4v) is 5.28. The van der Waals surface area contributed by atoms with Gasteiger partial charge in [0.2, 0.25) is 5.78 Å². The molecule has 6 heteroatoms. The summed E-state index contributed by atoms with van der Waals surface area (Å²) >= 11 is 0. The Morgan fingerprint density at radius 2 is 1.78 bits per heavy atom. The Hall–Kier alpha value is -2.86. The lowest BCUT2D eigenvalue weighted by Crippen LogP contribution is -2.43. The molecule has 0 fully saturated rings. The third-order valence-electron chi connectivity index (χ3n) is 4.58. The van der Waals surface area contributed by atoms with Gasteiger partial charge in [-0.05, 0) is 49.8 Å². The monoisotopic (exact) mass is 381 g/mol. The Morgan fingerprint density at radius 1 is 1.07 bits per heavy atom. The molecule has 0 saturated heterocycles. The van der Waals surface area contributed by atoms with Crippen molar-refractivity contribution in [2.24, 2.45) is 0 Å². The quantitative estimate of drug-likeness (QED) is 0.745. The van der Waals surface area contributed by atoms with Crippen LogP contribution in [0.15, 0.2) is 70.8 Å². The minimum Gasteiger partial charge on any atom is -0.488 e. The molecule has 0 aliphatic carbocycles. The van der Waals surface area contributed by atoms with Crippen LogP contribution in [0.3, 0.4) is 0 Å². The smallest absolute Gasteiger partial charge is 0.265 e. The van der Waals surface area contributed by atoms with Crippen LogP contribution in [0.1, 0.15) is 29.8 Å². The molecule has 0 atom stereocenters. The average Bonchev–Trinajstić information content (AvgIpc) is 2.65. The maximum absolute atomic E-state index is 13.1. The number of sulfonamides is 1. The van der Waals surface area contributed by atoms with Crippen molar-refractivity contribution < 1.29 is 17.9 Å². The van der Waals surface area contributed by atoms with E-state index >= 15 is 0 Å². The summed E-state index contributed by atoms with van der Waals surface area (Å²) in [6, 6.07) is 13.5. The predicted octanol–water partition coefficient (Wildman–Crippen LogP) is 3.64. The van der Waals surface area contributed by atoms with Gasteiger partial charge in [0.25, 0.3) is 10.0 Å². The number of benzene rings is 2. The predicted molar refractivity (Wildman–Crippen MR) is 103 cm³/mol. The van der Waals surface area contributed by atoms with Gasteiger partial charge in [-0.3, -0.25) is 9.10 Å². The number of ketones is 1. The summed E-state index contributed by atoms with van der Waals surface area (Å²) in [7, 11) is -3.80. The third kappa shape index (κ3) is 2.86. The highest BCUT2D eigenvalue weighted by Crippen LogP contribution is 2.35. The van der Waals surface area contributed by atoms with E-state index < -0.39 is 16.1 Å². The first-order chi connectivity index (χ1) is 12.9. The topological polar surface area (TPSA) is 63.7 Å². The number of carbonyl (C=O) groups excluding carboxylic acids is 1. The number of rotatable bonds is 2. The summed E-state index contributed by atoms with van der Waals surface area (Å²) < 4.78 is 33.2. The van der Waals surface area contributed by atoms with E-state index in [-0.39, 0.29) is 28.5 Å². The molecule has 0 N–H and O–H groups in total. The number of ether oxygens (including phenoxy) is 1. The first-order valence-corrected chi connectivity index (χ1v) is 10.2. The lowest BCUT2D eigenvalue weighted by Gasteiger charge is -2.34. The zero-order chi connectivity index (χ0) is 19.2. The molecule has 138 valence electrons. The van der Waals surface area contributed by atoms with Gasteiger partial charge < -0.3 is 4.74 Å². The number of carbonyl (C=O) groups is 1. The highest BCUT2D eigenvalue weighted by molar-refractivity contribution is 7.89. The van der Waals surface area contributed by atoms with Crippen LogP contribution in [0.5, 0.6) is 5.75 Å². The lowest BCUT2D eigenvalue weighted by molar-refractivity contribution is 0.0994. The number of allylic oxidation sites excluding steroid dienone is 1. The maximum atomic E-state index is 13.1. The van der Waals surface area contributed by atoms with Crippen molar-refractivity contribution in [1.82, 2.24) is 4.31 Å². The second kappa shape index (κ2) is 6.39. The van der Waals surface area contributed by atoms with E-state index in [1.165, 1.54) is 10.4 Å². The fraction of sp³-hybridized carbons (Fsp3) is 0.190. The van der Waals surface area contributed by atoms with Gasteiger partial charge in [-0.1, -0.05) is 30.3 Å².